The van der Waals surface area contributed by atoms with E-state index in [0.29, 0.717) is 12.8 Å². The lowest BCUT2D eigenvalue weighted by Crippen LogP contribution is -2.45. The van der Waals surface area contributed by atoms with Crippen molar-refractivity contribution in [1.82, 2.24) is 10.6 Å². The number of amides is 2. The summed E-state index contributed by atoms with van der Waals surface area (Å²) in [5, 5.41) is 14.2. The van der Waals surface area contributed by atoms with Crippen molar-refractivity contribution in [3.05, 3.63) is 35.9 Å². The topological polar surface area (TPSA) is 78.4 Å². The third-order valence-electron chi connectivity index (χ3n) is 3.56. The first-order valence-corrected chi connectivity index (χ1v) is 6.45. The SMILES string of the molecule is CCC1NC(=O)C(Cc2ccccc2)C1NC(=O)O. The Hall–Kier alpha value is -2.04. The van der Waals surface area contributed by atoms with Crippen LogP contribution < -0.4 is 10.6 Å². The van der Waals surface area contributed by atoms with Gasteiger partial charge in [-0.25, -0.2) is 4.79 Å². The highest BCUT2D eigenvalue weighted by molar-refractivity contribution is 5.84. The number of carboxylic acid groups (broad SMARTS) is 1. The molecule has 0 aliphatic carbocycles. The van der Waals surface area contributed by atoms with Crippen LogP contribution in [0.4, 0.5) is 4.79 Å². The summed E-state index contributed by atoms with van der Waals surface area (Å²) in [5.41, 5.74) is 1.04. The average molecular weight is 262 g/mol. The zero-order chi connectivity index (χ0) is 13.8. The summed E-state index contributed by atoms with van der Waals surface area (Å²) in [7, 11) is 0. The third-order valence-corrected chi connectivity index (χ3v) is 3.56. The molecule has 1 fully saturated rings. The van der Waals surface area contributed by atoms with E-state index in [1.807, 2.05) is 37.3 Å². The van der Waals surface area contributed by atoms with Gasteiger partial charge in [0.05, 0.1) is 12.0 Å². The van der Waals surface area contributed by atoms with Crippen LogP contribution in [-0.4, -0.2) is 29.2 Å². The molecule has 0 radical (unpaired) electrons. The number of nitrogens with one attached hydrogen (secondary N) is 2. The van der Waals surface area contributed by atoms with Gasteiger partial charge in [-0.05, 0) is 18.4 Å². The monoisotopic (exact) mass is 262 g/mol. The van der Waals surface area contributed by atoms with Gasteiger partial charge in [0.1, 0.15) is 0 Å². The van der Waals surface area contributed by atoms with Crippen LogP contribution in [0, 0.1) is 5.92 Å². The third kappa shape index (κ3) is 3.05. The van der Waals surface area contributed by atoms with E-state index in [9.17, 15) is 9.59 Å². The highest BCUT2D eigenvalue weighted by Crippen LogP contribution is 2.23. The van der Waals surface area contributed by atoms with E-state index in [-0.39, 0.29) is 23.9 Å². The molecular weight excluding hydrogens is 244 g/mol. The Morgan fingerprint density at radius 1 is 1.37 bits per heavy atom. The Labute approximate surface area is 112 Å². The summed E-state index contributed by atoms with van der Waals surface area (Å²) in [6, 6.07) is 9.15. The van der Waals surface area contributed by atoms with E-state index in [0.717, 1.165) is 5.56 Å². The maximum atomic E-state index is 12.0. The fourth-order valence-electron chi connectivity index (χ4n) is 2.61. The molecule has 0 spiro atoms. The van der Waals surface area contributed by atoms with E-state index in [1.54, 1.807) is 0 Å². The summed E-state index contributed by atoms with van der Waals surface area (Å²) in [6.45, 7) is 1.94. The molecule has 1 aliphatic rings. The molecule has 1 heterocycles. The maximum absolute atomic E-state index is 12.0. The van der Waals surface area contributed by atoms with Crippen molar-refractivity contribution in [2.24, 2.45) is 5.92 Å². The second kappa shape index (κ2) is 5.73. The largest absolute Gasteiger partial charge is 0.465 e. The lowest BCUT2D eigenvalue weighted by atomic mass is 9.91. The van der Waals surface area contributed by atoms with E-state index >= 15 is 0 Å². The van der Waals surface area contributed by atoms with Crippen LogP contribution in [0.2, 0.25) is 0 Å². The van der Waals surface area contributed by atoms with Crippen molar-refractivity contribution in [2.75, 3.05) is 0 Å². The van der Waals surface area contributed by atoms with Crippen molar-refractivity contribution in [1.29, 1.82) is 0 Å². The fourth-order valence-corrected chi connectivity index (χ4v) is 2.61. The standard InChI is InChI=1S/C14H18N2O3/c1-2-11-12(16-14(18)19)10(13(17)15-11)8-9-6-4-3-5-7-9/h3-7,10-12,16H,2,8H2,1H3,(H,15,17)(H,18,19). The highest BCUT2D eigenvalue weighted by Gasteiger charge is 2.41. The quantitative estimate of drug-likeness (QED) is 0.767. The first-order valence-electron chi connectivity index (χ1n) is 6.45. The van der Waals surface area contributed by atoms with Crippen molar-refractivity contribution >= 4 is 12.0 Å². The summed E-state index contributed by atoms with van der Waals surface area (Å²) in [5.74, 6) is -0.419. The number of hydrogen-bond donors (Lipinski definition) is 3. The van der Waals surface area contributed by atoms with E-state index in [2.05, 4.69) is 10.6 Å². The first-order chi connectivity index (χ1) is 9.11. The number of benzene rings is 1. The molecule has 1 aromatic rings. The molecule has 102 valence electrons. The predicted molar refractivity (Wildman–Crippen MR) is 70.8 cm³/mol. The normalized spacial score (nSPS) is 25.9. The van der Waals surface area contributed by atoms with Crippen LogP contribution in [0.1, 0.15) is 18.9 Å². The summed E-state index contributed by atoms with van der Waals surface area (Å²) in [4.78, 5) is 22.9. The Balaban J connectivity index is 2.15. The second-order valence-electron chi connectivity index (χ2n) is 4.79. The molecular formula is C14H18N2O3. The summed E-state index contributed by atoms with van der Waals surface area (Å²) >= 11 is 0. The molecule has 1 aromatic carbocycles. The smallest absolute Gasteiger partial charge is 0.404 e. The summed E-state index contributed by atoms with van der Waals surface area (Å²) < 4.78 is 0. The number of rotatable bonds is 4. The van der Waals surface area contributed by atoms with Gasteiger partial charge < -0.3 is 15.7 Å². The molecule has 0 aromatic heterocycles. The molecule has 3 N–H and O–H groups in total. The molecule has 2 rings (SSSR count). The molecule has 19 heavy (non-hydrogen) atoms. The summed E-state index contributed by atoms with van der Waals surface area (Å²) in [6.07, 6.45) is 0.175. The Bertz CT molecular complexity index is 461. The zero-order valence-electron chi connectivity index (χ0n) is 10.8. The lowest BCUT2D eigenvalue weighted by molar-refractivity contribution is -0.122. The van der Waals surface area contributed by atoms with Crippen molar-refractivity contribution in [3.63, 3.8) is 0 Å². The van der Waals surface area contributed by atoms with Crippen LogP contribution >= 0.6 is 0 Å². The van der Waals surface area contributed by atoms with Crippen LogP contribution in [0.25, 0.3) is 0 Å². The Morgan fingerprint density at radius 2 is 2.05 bits per heavy atom. The molecule has 0 saturated carbocycles. The maximum Gasteiger partial charge on any atom is 0.404 e. The van der Waals surface area contributed by atoms with Gasteiger partial charge in [-0.2, -0.15) is 0 Å². The average Bonchev–Trinajstić information content (AvgIpc) is 2.67. The molecule has 1 saturated heterocycles. The number of hydrogen-bond acceptors (Lipinski definition) is 2. The minimum atomic E-state index is -1.09. The van der Waals surface area contributed by atoms with Gasteiger partial charge in [0, 0.05) is 6.04 Å². The van der Waals surface area contributed by atoms with Gasteiger partial charge in [-0.1, -0.05) is 37.3 Å². The molecule has 5 nitrogen and oxygen atoms in total. The Kier molecular flexibility index (Phi) is 4.04. The van der Waals surface area contributed by atoms with Crippen molar-refractivity contribution in [3.8, 4) is 0 Å². The lowest BCUT2D eigenvalue weighted by Gasteiger charge is -2.21. The molecule has 3 atom stereocenters. The minimum Gasteiger partial charge on any atom is -0.465 e. The van der Waals surface area contributed by atoms with Crippen molar-refractivity contribution in [2.45, 2.75) is 31.8 Å². The molecule has 2 amide bonds. The van der Waals surface area contributed by atoms with Crippen LogP contribution in [-0.2, 0) is 11.2 Å². The van der Waals surface area contributed by atoms with Gasteiger partial charge in [0.25, 0.3) is 0 Å². The predicted octanol–water partition coefficient (Wildman–Crippen LogP) is 1.39. The van der Waals surface area contributed by atoms with Gasteiger partial charge in [-0.3, -0.25) is 4.79 Å². The zero-order valence-corrected chi connectivity index (χ0v) is 10.8. The highest BCUT2D eigenvalue weighted by atomic mass is 16.4. The van der Waals surface area contributed by atoms with Gasteiger partial charge in [-0.15, -0.1) is 0 Å². The molecule has 5 heteroatoms. The van der Waals surface area contributed by atoms with Gasteiger partial charge in [0.2, 0.25) is 5.91 Å². The van der Waals surface area contributed by atoms with Crippen molar-refractivity contribution < 1.29 is 14.7 Å². The fraction of sp³-hybridized carbons (Fsp3) is 0.429. The van der Waals surface area contributed by atoms with E-state index in [1.165, 1.54) is 0 Å². The molecule has 1 aliphatic heterocycles. The van der Waals surface area contributed by atoms with Crippen LogP contribution in [0.3, 0.4) is 0 Å². The minimum absolute atomic E-state index is 0.0746. The van der Waals surface area contributed by atoms with E-state index in [4.69, 9.17) is 5.11 Å². The van der Waals surface area contributed by atoms with Crippen LogP contribution in [0.5, 0.6) is 0 Å². The number of carbonyl (C=O) groups is 2. The van der Waals surface area contributed by atoms with Crippen LogP contribution in [0.15, 0.2) is 30.3 Å². The van der Waals surface area contributed by atoms with Gasteiger partial charge in [0.15, 0.2) is 0 Å². The Morgan fingerprint density at radius 3 is 2.63 bits per heavy atom. The van der Waals surface area contributed by atoms with Gasteiger partial charge >= 0.3 is 6.09 Å². The number of carbonyl (C=O) groups excluding carboxylic acids is 1. The molecule has 3 unspecified atom stereocenters. The van der Waals surface area contributed by atoms with E-state index < -0.39 is 6.09 Å². The second-order valence-corrected chi connectivity index (χ2v) is 4.79. The molecule has 0 bridgehead atoms. The first kappa shape index (κ1) is 13.4.